The van der Waals surface area contributed by atoms with Crippen molar-refractivity contribution in [1.29, 1.82) is 0 Å². The smallest absolute Gasteiger partial charge is 0.171 e. The normalized spacial score (nSPS) is 12.7. The molecule has 0 radical (unpaired) electrons. The molecule has 0 saturated heterocycles. The van der Waals surface area contributed by atoms with Crippen LogP contribution in [0, 0.1) is 0 Å². The summed E-state index contributed by atoms with van der Waals surface area (Å²) in [6, 6.07) is 1.02. The summed E-state index contributed by atoms with van der Waals surface area (Å²) in [6.45, 7) is 0.125. The Labute approximate surface area is 170 Å². The van der Waals surface area contributed by atoms with Crippen LogP contribution >= 0.6 is 22.2 Å². The molecule has 0 amide bonds. The van der Waals surface area contributed by atoms with Crippen LogP contribution in [0.3, 0.4) is 0 Å². The Balaban J connectivity index is 3.07. The molecule has 0 saturated carbocycles. The predicted octanol–water partition coefficient (Wildman–Crippen LogP) is 9.73. The monoisotopic (exact) mass is 434 g/mol. The van der Waals surface area contributed by atoms with Gasteiger partial charge in [0.05, 0.1) is 0 Å². The molecule has 0 aromatic heterocycles. The van der Waals surface area contributed by atoms with Crippen LogP contribution in [0.15, 0.2) is 0 Å². The van der Waals surface area contributed by atoms with E-state index in [0.29, 0.717) is 6.42 Å². The van der Waals surface area contributed by atoms with Crippen molar-refractivity contribution in [2.75, 3.05) is 0 Å². The number of halogens is 5. The van der Waals surface area contributed by atoms with Crippen molar-refractivity contribution < 1.29 is 13.2 Å². The van der Waals surface area contributed by atoms with Crippen molar-refractivity contribution in [3.63, 3.8) is 0 Å². The van der Waals surface area contributed by atoms with Gasteiger partial charge in [-0.25, -0.2) is 0 Å². The molecule has 0 aromatic carbocycles. The van der Waals surface area contributed by atoms with E-state index in [2.05, 4.69) is 0 Å². The Bertz CT molecular complexity index is 274. The van der Waals surface area contributed by atoms with E-state index in [9.17, 15) is 13.2 Å². The molecule has 0 unspecified atom stereocenters. The first kappa shape index (κ1) is 26.6. The molecule has 0 aliphatic carbocycles. The van der Waals surface area contributed by atoms with Crippen molar-refractivity contribution in [3.05, 3.63) is 0 Å². The first-order valence-corrected chi connectivity index (χ1v) is 15.4. The number of alkyl halides is 3. The Kier molecular flexibility index (Phi) is 16.9. The molecule has 0 fully saturated rings. The molecule has 0 heterocycles. The lowest BCUT2D eigenvalue weighted by Gasteiger charge is -2.09. The lowest BCUT2D eigenvalue weighted by atomic mass is 10.0. The summed E-state index contributed by atoms with van der Waals surface area (Å²) in [4.78, 5) is 0. The summed E-state index contributed by atoms with van der Waals surface area (Å²) < 4.78 is 35.9. The maximum Gasteiger partial charge on any atom is 0.389 e. The van der Waals surface area contributed by atoms with Gasteiger partial charge >= 0.3 is 6.18 Å². The van der Waals surface area contributed by atoms with Gasteiger partial charge in [0, 0.05) is 6.42 Å². The fourth-order valence-corrected chi connectivity index (χ4v) is 4.91. The van der Waals surface area contributed by atoms with E-state index < -0.39 is 19.3 Å². The summed E-state index contributed by atoms with van der Waals surface area (Å²) in [6.07, 6.45) is 13.9. The zero-order valence-corrected chi connectivity index (χ0v) is 19.1. The predicted molar refractivity (Wildman–Crippen MR) is 113 cm³/mol. The van der Waals surface area contributed by atoms with Gasteiger partial charge in [-0.1, -0.05) is 96.3 Å². The van der Waals surface area contributed by atoms with Crippen LogP contribution in [-0.2, 0) is 0 Å². The number of unbranched alkanes of at least 4 members (excludes halogenated alkanes) is 15. The molecular formula is C20H39Cl2F3Si. The second-order valence-electron chi connectivity index (χ2n) is 7.84. The molecule has 26 heavy (non-hydrogen) atoms. The van der Waals surface area contributed by atoms with Crippen LogP contribution in [0.25, 0.3) is 0 Å². The second-order valence-corrected chi connectivity index (χ2v) is 16.1. The molecular weight excluding hydrogens is 396 g/mol. The van der Waals surface area contributed by atoms with Gasteiger partial charge < -0.3 is 0 Å². The van der Waals surface area contributed by atoms with Gasteiger partial charge in [-0.15, -0.1) is 22.2 Å². The highest BCUT2D eigenvalue weighted by Crippen LogP contribution is 2.24. The molecule has 0 rings (SSSR count). The number of hydrogen-bond donors (Lipinski definition) is 0. The van der Waals surface area contributed by atoms with Crippen molar-refractivity contribution >= 4 is 28.9 Å². The Morgan fingerprint density at radius 3 is 1.08 bits per heavy atom. The van der Waals surface area contributed by atoms with E-state index in [-0.39, 0.29) is 0 Å². The Morgan fingerprint density at radius 1 is 0.538 bits per heavy atom. The third-order valence-corrected chi connectivity index (χ3v) is 7.19. The topological polar surface area (TPSA) is 0 Å². The van der Waals surface area contributed by atoms with Gasteiger partial charge in [0.1, 0.15) is 0 Å². The van der Waals surface area contributed by atoms with Crippen LogP contribution in [0.5, 0.6) is 0 Å². The molecule has 0 spiro atoms. The van der Waals surface area contributed by atoms with E-state index in [1.54, 1.807) is 0 Å². The quantitative estimate of drug-likeness (QED) is 0.114. The van der Waals surface area contributed by atoms with Crippen LogP contribution < -0.4 is 0 Å². The van der Waals surface area contributed by atoms with Gasteiger partial charge in [-0.3, -0.25) is 0 Å². The third-order valence-electron chi connectivity index (χ3n) is 4.83. The van der Waals surface area contributed by atoms with E-state index >= 15 is 0 Å². The van der Waals surface area contributed by atoms with Crippen molar-refractivity contribution in [2.24, 2.45) is 0 Å². The first-order valence-electron chi connectivity index (χ1n) is 10.7. The van der Waals surface area contributed by atoms with E-state index in [1.165, 1.54) is 77.0 Å². The van der Waals surface area contributed by atoms with Crippen molar-refractivity contribution in [2.45, 2.75) is 128 Å². The molecule has 0 nitrogen and oxygen atoms in total. The minimum atomic E-state index is -3.97. The van der Waals surface area contributed by atoms with Crippen LogP contribution in [0.1, 0.15) is 109 Å². The molecule has 0 aliphatic heterocycles. The standard InChI is InChI=1S/C20H39Cl2F3Si/c1-26(21,22)19-17-15-13-11-9-7-5-3-2-4-6-8-10-12-14-16-18-20(23,24)25/h2-19H2,1H3. The van der Waals surface area contributed by atoms with Crippen molar-refractivity contribution in [1.82, 2.24) is 0 Å². The van der Waals surface area contributed by atoms with E-state index in [4.69, 9.17) is 22.2 Å². The molecule has 0 N–H and O–H groups in total. The summed E-state index contributed by atoms with van der Waals surface area (Å²) in [7, 11) is 0. The molecule has 158 valence electrons. The zero-order valence-electron chi connectivity index (χ0n) is 16.6. The lowest BCUT2D eigenvalue weighted by Crippen LogP contribution is -2.11. The zero-order chi connectivity index (χ0) is 19.7. The van der Waals surface area contributed by atoms with Crippen LogP contribution in [0.4, 0.5) is 13.2 Å². The van der Waals surface area contributed by atoms with Gasteiger partial charge in [-0.2, -0.15) is 13.2 Å². The minimum Gasteiger partial charge on any atom is -0.171 e. The fraction of sp³-hybridized carbons (Fsp3) is 1.00. The van der Waals surface area contributed by atoms with E-state index in [1.807, 2.05) is 6.55 Å². The summed E-state index contributed by atoms with van der Waals surface area (Å²) in [5.74, 6) is 0. The van der Waals surface area contributed by atoms with E-state index in [0.717, 1.165) is 25.3 Å². The van der Waals surface area contributed by atoms with Crippen molar-refractivity contribution in [3.8, 4) is 0 Å². The molecule has 0 bridgehead atoms. The SMILES string of the molecule is C[Si](Cl)(Cl)CCCCCCCCCCCCCCCCCCC(F)(F)F. The Hall–Kier alpha value is 0.587. The van der Waals surface area contributed by atoms with Crippen LogP contribution in [-0.4, -0.2) is 12.9 Å². The molecule has 6 heteroatoms. The molecule has 0 aromatic rings. The lowest BCUT2D eigenvalue weighted by molar-refractivity contribution is -0.135. The first-order chi connectivity index (χ1) is 12.2. The van der Waals surface area contributed by atoms with Gasteiger partial charge in [-0.05, 0) is 19.0 Å². The summed E-state index contributed by atoms with van der Waals surface area (Å²) >= 11 is 12.2. The third kappa shape index (κ3) is 24.6. The molecule has 0 atom stereocenters. The average Bonchev–Trinajstić information content (AvgIpc) is 2.51. The fourth-order valence-electron chi connectivity index (χ4n) is 3.24. The Morgan fingerprint density at radius 2 is 0.808 bits per heavy atom. The number of rotatable bonds is 18. The highest BCUT2D eigenvalue weighted by Gasteiger charge is 2.25. The van der Waals surface area contributed by atoms with Crippen LogP contribution in [0.2, 0.25) is 12.6 Å². The van der Waals surface area contributed by atoms with Gasteiger partial charge in [0.15, 0.2) is 0 Å². The second kappa shape index (κ2) is 16.5. The highest BCUT2D eigenvalue weighted by atomic mass is 35.7. The average molecular weight is 436 g/mol. The highest BCUT2D eigenvalue weighted by molar-refractivity contribution is 7.44. The maximum atomic E-state index is 12.0. The van der Waals surface area contributed by atoms with Gasteiger partial charge in [0.2, 0.25) is 6.69 Å². The largest absolute Gasteiger partial charge is 0.389 e. The minimum absolute atomic E-state index is 0.296. The molecule has 0 aliphatic rings. The van der Waals surface area contributed by atoms with Gasteiger partial charge in [0.25, 0.3) is 0 Å². The maximum absolute atomic E-state index is 12.0. The summed E-state index contributed by atoms with van der Waals surface area (Å²) in [5, 5.41) is 0. The number of hydrogen-bond acceptors (Lipinski definition) is 0. The summed E-state index contributed by atoms with van der Waals surface area (Å²) in [5.41, 5.74) is 0.